The van der Waals surface area contributed by atoms with Gasteiger partial charge in [0.2, 0.25) is 10.0 Å². The average molecular weight is 317 g/mol. The Kier molecular flexibility index (Phi) is 6.47. The van der Waals surface area contributed by atoms with Gasteiger partial charge in [-0.25, -0.2) is 12.7 Å². The van der Waals surface area contributed by atoms with E-state index in [1.165, 1.54) is 38.4 Å². The Morgan fingerprint density at radius 1 is 1.19 bits per heavy atom. The van der Waals surface area contributed by atoms with Gasteiger partial charge >= 0.3 is 0 Å². The zero-order valence-electron chi connectivity index (χ0n) is 13.5. The smallest absolute Gasteiger partial charge is 0.211 e. The van der Waals surface area contributed by atoms with Crippen molar-refractivity contribution in [2.24, 2.45) is 0 Å². The summed E-state index contributed by atoms with van der Waals surface area (Å²) in [5, 5.41) is 7.35. The van der Waals surface area contributed by atoms with Gasteiger partial charge in [0.05, 0.1) is 6.26 Å². The molecule has 2 rings (SSSR count). The van der Waals surface area contributed by atoms with E-state index >= 15 is 0 Å². The fourth-order valence-electron chi connectivity index (χ4n) is 3.55. The van der Waals surface area contributed by atoms with Crippen molar-refractivity contribution in [1.29, 1.82) is 0 Å². The third kappa shape index (κ3) is 5.85. The van der Waals surface area contributed by atoms with Gasteiger partial charge in [-0.3, -0.25) is 0 Å². The van der Waals surface area contributed by atoms with E-state index in [-0.39, 0.29) is 0 Å². The fourth-order valence-corrected chi connectivity index (χ4v) is 4.43. The number of sulfonamides is 1. The maximum Gasteiger partial charge on any atom is 0.211 e. The molecule has 2 aliphatic heterocycles. The average Bonchev–Trinajstić information content (AvgIpc) is 2.67. The maximum atomic E-state index is 11.5. The highest BCUT2D eigenvalue weighted by Crippen LogP contribution is 2.16. The molecule has 0 radical (unpaired) electrons. The summed E-state index contributed by atoms with van der Waals surface area (Å²) in [5.74, 6) is 0. The van der Waals surface area contributed by atoms with Crippen LogP contribution in [0.25, 0.3) is 0 Å². The van der Waals surface area contributed by atoms with Crippen molar-refractivity contribution in [3.8, 4) is 0 Å². The van der Waals surface area contributed by atoms with Gasteiger partial charge in [0.1, 0.15) is 0 Å². The fraction of sp³-hybridized carbons (Fsp3) is 1.00. The number of hydrogen-bond donors (Lipinski definition) is 2. The minimum absolute atomic E-state index is 0.462. The molecular weight excluding hydrogens is 286 g/mol. The van der Waals surface area contributed by atoms with Gasteiger partial charge < -0.3 is 10.6 Å². The first-order chi connectivity index (χ1) is 9.95. The van der Waals surface area contributed by atoms with Crippen LogP contribution in [0.3, 0.4) is 0 Å². The van der Waals surface area contributed by atoms with Crippen molar-refractivity contribution < 1.29 is 8.42 Å². The molecule has 0 aromatic carbocycles. The minimum atomic E-state index is -3.01. The predicted molar refractivity (Wildman–Crippen MR) is 86.9 cm³/mol. The number of rotatable bonds is 5. The third-order valence-corrected chi connectivity index (χ3v) is 6.05. The van der Waals surface area contributed by atoms with Crippen LogP contribution in [0.2, 0.25) is 0 Å². The van der Waals surface area contributed by atoms with Crippen molar-refractivity contribution in [2.45, 2.75) is 70.0 Å². The van der Waals surface area contributed by atoms with Crippen LogP contribution in [0, 0.1) is 0 Å². The Morgan fingerprint density at radius 3 is 2.57 bits per heavy atom. The minimum Gasteiger partial charge on any atom is -0.314 e. The van der Waals surface area contributed by atoms with Crippen molar-refractivity contribution in [3.05, 3.63) is 0 Å². The summed E-state index contributed by atoms with van der Waals surface area (Å²) in [4.78, 5) is 0. The summed E-state index contributed by atoms with van der Waals surface area (Å²) in [6, 6.07) is 1.60. The first-order valence-electron chi connectivity index (χ1n) is 8.39. The summed E-state index contributed by atoms with van der Waals surface area (Å²) in [5.41, 5.74) is 0. The molecule has 0 saturated carbocycles. The van der Waals surface area contributed by atoms with Crippen LogP contribution in [0.15, 0.2) is 0 Å². The summed E-state index contributed by atoms with van der Waals surface area (Å²) < 4.78 is 24.6. The van der Waals surface area contributed by atoms with E-state index in [1.807, 2.05) is 0 Å². The van der Waals surface area contributed by atoms with Crippen LogP contribution in [0.4, 0.5) is 0 Å². The summed E-state index contributed by atoms with van der Waals surface area (Å²) >= 11 is 0. The molecule has 0 bridgehead atoms. The second kappa shape index (κ2) is 7.90. The molecule has 2 unspecified atom stereocenters. The Balaban J connectivity index is 1.70. The molecule has 21 heavy (non-hydrogen) atoms. The van der Waals surface area contributed by atoms with Gasteiger partial charge in [-0.15, -0.1) is 0 Å². The van der Waals surface area contributed by atoms with Crippen LogP contribution in [0.1, 0.15) is 51.9 Å². The Hall–Kier alpha value is -0.170. The van der Waals surface area contributed by atoms with Crippen LogP contribution >= 0.6 is 0 Å². The molecule has 0 aromatic rings. The van der Waals surface area contributed by atoms with Crippen LogP contribution in [0.5, 0.6) is 0 Å². The predicted octanol–water partition coefficient (Wildman–Crippen LogP) is 1.31. The van der Waals surface area contributed by atoms with Crippen LogP contribution in [-0.4, -0.2) is 56.7 Å². The molecular formula is C15H31N3O2S. The topological polar surface area (TPSA) is 61.4 Å². The van der Waals surface area contributed by atoms with Gasteiger partial charge in [0.25, 0.3) is 0 Å². The monoisotopic (exact) mass is 317 g/mol. The molecule has 2 N–H and O–H groups in total. The van der Waals surface area contributed by atoms with Crippen LogP contribution in [-0.2, 0) is 10.0 Å². The molecule has 5 nitrogen and oxygen atoms in total. The van der Waals surface area contributed by atoms with Gasteiger partial charge in [-0.2, -0.15) is 0 Å². The highest BCUT2D eigenvalue weighted by atomic mass is 32.2. The Morgan fingerprint density at radius 2 is 1.90 bits per heavy atom. The van der Waals surface area contributed by atoms with Crippen molar-refractivity contribution in [1.82, 2.24) is 14.9 Å². The molecule has 2 fully saturated rings. The second-order valence-electron chi connectivity index (χ2n) is 6.74. The summed E-state index contributed by atoms with van der Waals surface area (Å²) in [7, 11) is -3.01. The molecule has 2 saturated heterocycles. The van der Waals surface area contributed by atoms with Crippen LogP contribution < -0.4 is 10.6 Å². The quantitative estimate of drug-likeness (QED) is 0.803. The molecule has 0 aromatic heterocycles. The van der Waals surface area contributed by atoms with E-state index < -0.39 is 10.0 Å². The molecule has 124 valence electrons. The van der Waals surface area contributed by atoms with Gasteiger partial charge in [0, 0.05) is 31.2 Å². The second-order valence-corrected chi connectivity index (χ2v) is 8.72. The van der Waals surface area contributed by atoms with Crippen molar-refractivity contribution in [3.63, 3.8) is 0 Å². The number of nitrogens with zero attached hydrogens (tertiary/aromatic N) is 1. The lowest BCUT2D eigenvalue weighted by atomic mass is 10.0. The molecule has 2 heterocycles. The highest BCUT2D eigenvalue weighted by Gasteiger charge is 2.26. The zero-order valence-corrected chi connectivity index (χ0v) is 14.3. The number of nitrogens with one attached hydrogen (secondary N) is 2. The Labute approximate surface area is 129 Å². The lowest BCUT2D eigenvalue weighted by molar-refractivity contribution is 0.267. The van der Waals surface area contributed by atoms with E-state index in [9.17, 15) is 8.42 Å². The van der Waals surface area contributed by atoms with Gasteiger partial charge in [-0.1, -0.05) is 12.8 Å². The van der Waals surface area contributed by atoms with E-state index in [0.29, 0.717) is 31.2 Å². The SMILES string of the molecule is CC(CC1CCCCCN1)NC1CCN(S(C)(=O)=O)CC1. The van der Waals surface area contributed by atoms with E-state index in [1.54, 1.807) is 4.31 Å². The van der Waals surface area contributed by atoms with E-state index in [2.05, 4.69) is 17.6 Å². The van der Waals surface area contributed by atoms with E-state index in [0.717, 1.165) is 19.4 Å². The molecule has 0 amide bonds. The molecule has 6 heteroatoms. The summed E-state index contributed by atoms with van der Waals surface area (Å²) in [6.07, 6.45) is 9.63. The third-order valence-electron chi connectivity index (χ3n) is 4.74. The lowest BCUT2D eigenvalue weighted by Crippen LogP contribution is -2.48. The largest absolute Gasteiger partial charge is 0.314 e. The van der Waals surface area contributed by atoms with Crippen molar-refractivity contribution in [2.75, 3.05) is 25.9 Å². The van der Waals surface area contributed by atoms with Crippen molar-refractivity contribution >= 4 is 10.0 Å². The number of hydrogen-bond acceptors (Lipinski definition) is 4. The van der Waals surface area contributed by atoms with Gasteiger partial charge in [0.15, 0.2) is 0 Å². The summed E-state index contributed by atoms with van der Waals surface area (Å²) in [6.45, 7) is 4.73. The molecule has 0 spiro atoms. The molecule has 2 atom stereocenters. The maximum absolute atomic E-state index is 11.5. The first kappa shape index (κ1) is 17.2. The Bertz CT molecular complexity index is 397. The number of piperidine rings is 1. The van der Waals surface area contributed by atoms with Gasteiger partial charge in [-0.05, 0) is 45.6 Å². The van der Waals surface area contributed by atoms with E-state index in [4.69, 9.17) is 0 Å². The lowest BCUT2D eigenvalue weighted by Gasteiger charge is -2.33. The standard InChI is InChI=1S/C15H31N3O2S/c1-13(12-15-6-4-3-5-9-16-15)17-14-7-10-18(11-8-14)21(2,19)20/h13-17H,3-12H2,1-2H3. The normalized spacial score (nSPS) is 28.2. The first-order valence-corrected chi connectivity index (χ1v) is 10.2. The zero-order chi connectivity index (χ0) is 15.3. The highest BCUT2D eigenvalue weighted by molar-refractivity contribution is 7.88. The molecule has 2 aliphatic rings. The molecule has 0 aliphatic carbocycles.